The number of amides is 1. The fraction of sp³-hybridized carbons (Fsp3) is 0.588. The molecule has 0 spiro atoms. The van der Waals surface area contributed by atoms with Crippen LogP contribution in [0, 0.1) is 11.3 Å². The van der Waals surface area contributed by atoms with Crippen LogP contribution in [0.3, 0.4) is 0 Å². The van der Waals surface area contributed by atoms with Crippen molar-refractivity contribution < 1.29 is 9.53 Å². The summed E-state index contributed by atoms with van der Waals surface area (Å²) in [4.78, 5) is 14.7. The molecule has 1 amide bonds. The lowest BCUT2D eigenvalue weighted by Crippen LogP contribution is -2.80. The first-order valence-corrected chi connectivity index (χ1v) is 7.59. The maximum absolute atomic E-state index is 13.0. The number of rotatable bonds is 3. The number of fused-ring (bicyclic) bond motifs is 1. The van der Waals surface area contributed by atoms with Gasteiger partial charge in [0, 0.05) is 31.5 Å². The molecular formula is C17H24N2O2. The van der Waals surface area contributed by atoms with Gasteiger partial charge in [0.15, 0.2) is 0 Å². The van der Waals surface area contributed by atoms with Gasteiger partial charge >= 0.3 is 0 Å². The number of likely N-dealkylation sites (N-methyl/N-ethyl adjacent to an activating group) is 1. The highest BCUT2D eigenvalue weighted by Gasteiger charge is 2.71. The van der Waals surface area contributed by atoms with Gasteiger partial charge in [-0.3, -0.25) is 4.79 Å². The monoisotopic (exact) mass is 288 g/mol. The molecule has 0 radical (unpaired) electrons. The van der Waals surface area contributed by atoms with E-state index in [1.807, 2.05) is 51.2 Å². The molecule has 4 nitrogen and oxygen atoms in total. The minimum absolute atomic E-state index is 0.0307. The third-order valence-electron chi connectivity index (χ3n) is 5.42. The summed E-state index contributed by atoms with van der Waals surface area (Å²) in [5.41, 5.74) is 6.59. The zero-order valence-electron chi connectivity index (χ0n) is 13.0. The molecule has 1 aliphatic carbocycles. The molecule has 2 aliphatic rings. The quantitative estimate of drug-likeness (QED) is 0.922. The Morgan fingerprint density at radius 3 is 2.71 bits per heavy atom. The number of benzene rings is 1. The molecule has 3 rings (SSSR count). The maximum Gasteiger partial charge on any atom is 0.243 e. The van der Waals surface area contributed by atoms with Gasteiger partial charge in [-0.1, -0.05) is 44.2 Å². The zero-order valence-corrected chi connectivity index (χ0v) is 13.0. The van der Waals surface area contributed by atoms with Crippen molar-refractivity contribution in [2.75, 3.05) is 13.7 Å². The number of carbonyl (C=O) groups excluding carboxylic acids is 1. The maximum atomic E-state index is 13.0. The molecule has 0 aromatic heterocycles. The first-order valence-electron chi connectivity index (χ1n) is 7.59. The molecule has 1 aromatic rings. The number of ether oxygens (including phenoxy) is 1. The number of hydrogen-bond acceptors (Lipinski definition) is 3. The average molecular weight is 288 g/mol. The standard InChI is InChI=1S/C17H24N2O2/c1-16(2)14-13(9-10-21-14)17(16,18)15(20)19(3)11-12-7-5-4-6-8-12/h4-8,13-14H,9-11,18H2,1-3H3. The fourth-order valence-electron chi connectivity index (χ4n) is 4.06. The third kappa shape index (κ3) is 1.93. The van der Waals surface area contributed by atoms with E-state index < -0.39 is 5.54 Å². The number of carbonyl (C=O) groups is 1. The summed E-state index contributed by atoms with van der Waals surface area (Å²) in [6.07, 6.45) is 1.01. The minimum atomic E-state index is -0.808. The number of nitrogens with zero attached hydrogens (tertiary/aromatic N) is 1. The largest absolute Gasteiger partial charge is 0.377 e. The van der Waals surface area contributed by atoms with Gasteiger partial charge < -0.3 is 15.4 Å². The Hall–Kier alpha value is -1.39. The molecule has 21 heavy (non-hydrogen) atoms. The van der Waals surface area contributed by atoms with Crippen molar-refractivity contribution in [1.82, 2.24) is 4.90 Å². The highest BCUT2D eigenvalue weighted by molar-refractivity contribution is 5.89. The average Bonchev–Trinajstić information content (AvgIpc) is 2.95. The molecule has 2 N–H and O–H groups in total. The van der Waals surface area contributed by atoms with Crippen molar-refractivity contribution in [3.05, 3.63) is 35.9 Å². The first-order chi connectivity index (χ1) is 9.89. The molecule has 3 unspecified atom stereocenters. The number of hydrogen-bond donors (Lipinski definition) is 1. The van der Waals surface area contributed by atoms with Crippen LogP contribution in [0.1, 0.15) is 25.8 Å². The van der Waals surface area contributed by atoms with E-state index in [1.165, 1.54) is 0 Å². The van der Waals surface area contributed by atoms with E-state index in [0.717, 1.165) is 12.0 Å². The highest BCUT2D eigenvalue weighted by Crippen LogP contribution is 2.58. The predicted molar refractivity (Wildman–Crippen MR) is 81.5 cm³/mol. The second-order valence-electron chi connectivity index (χ2n) is 6.92. The third-order valence-corrected chi connectivity index (χ3v) is 5.42. The van der Waals surface area contributed by atoms with Crippen LogP contribution in [-0.2, 0) is 16.1 Å². The van der Waals surface area contributed by atoms with Crippen LogP contribution in [0.4, 0.5) is 0 Å². The first kappa shape index (κ1) is 14.5. The summed E-state index contributed by atoms with van der Waals surface area (Å²) < 4.78 is 5.76. The van der Waals surface area contributed by atoms with Crippen molar-refractivity contribution >= 4 is 5.91 Å². The molecule has 1 saturated carbocycles. The van der Waals surface area contributed by atoms with E-state index in [2.05, 4.69) is 0 Å². The van der Waals surface area contributed by atoms with E-state index >= 15 is 0 Å². The molecule has 0 bridgehead atoms. The van der Waals surface area contributed by atoms with Gasteiger partial charge in [0.25, 0.3) is 0 Å². The topological polar surface area (TPSA) is 55.6 Å². The van der Waals surface area contributed by atoms with Gasteiger partial charge in [-0.15, -0.1) is 0 Å². The summed E-state index contributed by atoms with van der Waals surface area (Å²) in [6, 6.07) is 10.0. The van der Waals surface area contributed by atoms with Crippen LogP contribution in [0.25, 0.3) is 0 Å². The highest BCUT2D eigenvalue weighted by atomic mass is 16.5. The van der Waals surface area contributed by atoms with Crippen molar-refractivity contribution in [2.45, 2.75) is 38.5 Å². The second-order valence-corrected chi connectivity index (χ2v) is 6.92. The number of nitrogens with two attached hydrogens (primary N) is 1. The van der Waals surface area contributed by atoms with Gasteiger partial charge in [-0.05, 0) is 12.0 Å². The second kappa shape index (κ2) is 4.82. The Morgan fingerprint density at radius 1 is 1.38 bits per heavy atom. The minimum Gasteiger partial charge on any atom is -0.377 e. The molecule has 1 aliphatic heterocycles. The Kier molecular flexibility index (Phi) is 3.34. The van der Waals surface area contributed by atoms with Crippen LogP contribution in [0.5, 0.6) is 0 Å². The van der Waals surface area contributed by atoms with E-state index in [-0.39, 0.29) is 23.3 Å². The van der Waals surface area contributed by atoms with E-state index in [4.69, 9.17) is 10.5 Å². The SMILES string of the molecule is CN(Cc1ccccc1)C(=O)C1(N)C2CCOC2C1(C)C. The Bertz CT molecular complexity index is 543. The Morgan fingerprint density at radius 2 is 2.05 bits per heavy atom. The molecule has 4 heteroatoms. The zero-order chi connectivity index (χ0) is 15.3. The van der Waals surface area contributed by atoms with Gasteiger partial charge in [0.1, 0.15) is 5.54 Å². The van der Waals surface area contributed by atoms with Crippen LogP contribution in [-0.4, -0.2) is 36.1 Å². The summed E-state index contributed by atoms with van der Waals surface area (Å²) in [6.45, 7) is 5.40. The lowest BCUT2D eigenvalue weighted by atomic mass is 9.47. The van der Waals surface area contributed by atoms with Crippen LogP contribution in [0.2, 0.25) is 0 Å². The summed E-state index contributed by atoms with van der Waals surface area (Å²) >= 11 is 0. The lowest BCUT2D eigenvalue weighted by Gasteiger charge is -2.61. The summed E-state index contributed by atoms with van der Waals surface area (Å²) in [5, 5.41) is 0. The van der Waals surface area contributed by atoms with E-state index in [1.54, 1.807) is 4.90 Å². The molecule has 3 atom stereocenters. The molecule has 1 aromatic carbocycles. The Labute approximate surface area is 126 Å². The van der Waals surface area contributed by atoms with Crippen molar-refractivity contribution in [3.8, 4) is 0 Å². The molecule has 2 fully saturated rings. The molecule has 1 saturated heterocycles. The molecule has 114 valence electrons. The van der Waals surface area contributed by atoms with Gasteiger partial charge in [-0.25, -0.2) is 0 Å². The normalized spacial score (nSPS) is 33.1. The van der Waals surface area contributed by atoms with E-state index in [9.17, 15) is 4.79 Å². The van der Waals surface area contributed by atoms with E-state index in [0.29, 0.717) is 13.2 Å². The van der Waals surface area contributed by atoms with Crippen LogP contribution in [0.15, 0.2) is 30.3 Å². The van der Waals surface area contributed by atoms with Gasteiger partial charge in [0.05, 0.1) is 6.10 Å². The van der Waals surface area contributed by atoms with Crippen molar-refractivity contribution in [2.24, 2.45) is 17.1 Å². The fourth-order valence-corrected chi connectivity index (χ4v) is 4.06. The molecule has 1 heterocycles. The van der Waals surface area contributed by atoms with Crippen LogP contribution < -0.4 is 5.73 Å². The van der Waals surface area contributed by atoms with Crippen LogP contribution >= 0.6 is 0 Å². The van der Waals surface area contributed by atoms with Gasteiger partial charge in [-0.2, -0.15) is 0 Å². The summed E-state index contributed by atoms with van der Waals surface area (Å²) in [5.74, 6) is 0.182. The molecular weight excluding hydrogens is 264 g/mol. The van der Waals surface area contributed by atoms with Gasteiger partial charge in [0.2, 0.25) is 5.91 Å². The summed E-state index contributed by atoms with van der Waals surface area (Å²) in [7, 11) is 1.84. The van der Waals surface area contributed by atoms with Crippen molar-refractivity contribution in [3.63, 3.8) is 0 Å². The Balaban J connectivity index is 1.78. The van der Waals surface area contributed by atoms with Crippen molar-refractivity contribution in [1.29, 1.82) is 0 Å². The lowest BCUT2D eigenvalue weighted by molar-refractivity contribution is -0.183. The predicted octanol–water partition coefficient (Wildman–Crippen LogP) is 1.79. The smallest absolute Gasteiger partial charge is 0.243 e.